The first-order valence-corrected chi connectivity index (χ1v) is 4.15. The van der Waals surface area contributed by atoms with E-state index in [9.17, 15) is 9.59 Å². The molecule has 0 aliphatic heterocycles. The summed E-state index contributed by atoms with van der Waals surface area (Å²) >= 11 is 0. The number of carbonyl (C=O) groups is 3. The van der Waals surface area contributed by atoms with Gasteiger partial charge in [0.15, 0.2) is 0 Å². The van der Waals surface area contributed by atoms with Gasteiger partial charge in [0.1, 0.15) is 0 Å². The molecule has 15 heavy (non-hydrogen) atoms. The van der Waals surface area contributed by atoms with Crippen molar-refractivity contribution in [2.24, 2.45) is 0 Å². The van der Waals surface area contributed by atoms with Gasteiger partial charge in [0.25, 0.3) is 5.97 Å². The number of hydrogen-bond acceptors (Lipinski definition) is 5. The van der Waals surface area contributed by atoms with Gasteiger partial charge in [-0.25, -0.2) is 0 Å². The molecule has 0 amide bonds. The lowest BCUT2D eigenvalue weighted by atomic mass is 10.8. The highest BCUT2D eigenvalue weighted by molar-refractivity contribution is 5.66. The second-order valence-electron chi connectivity index (χ2n) is 2.14. The van der Waals surface area contributed by atoms with Crippen LogP contribution in [0.25, 0.3) is 0 Å². The van der Waals surface area contributed by atoms with E-state index in [-0.39, 0.29) is 11.9 Å². The summed E-state index contributed by atoms with van der Waals surface area (Å²) in [6, 6.07) is 0. The molecule has 0 heterocycles. The zero-order valence-corrected chi connectivity index (χ0v) is 9.70. The van der Waals surface area contributed by atoms with Crippen LogP contribution >= 0.6 is 0 Å². The van der Waals surface area contributed by atoms with Crippen LogP contribution in [0, 0.1) is 0 Å². The molecule has 90 valence electrons. The Bertz CT molecular complexity index is 183. The number of hydrogen-bond donors (Lipinski definition) is 1. The molecule has 6 nitrogen and oxygen atoms in total. The van der Waals surface area contributed by atoms with E-state index in [1.807, 2.05) is 0 Å². The number of carboxylic acid groups (broad SMARTS) is 1. The lowest BCUT2D eigenvalue weighted by Gasteiger charge is -1.89. The molecule has 0 rings (SSSR count). The van der Waals surface area contributed by atoms with Crippen LogP contribution in [0.15, 0.2) is 0 Å². The molecule has 0 aliphatic carbocycles. The van der Waals surface area contributed by atoms with Gasteiger partial charge >= 0.3 is 11.9 Å². The number of carbonyl (C=O) groups excluding carboxylic acids is 2. The summed E-state index contributed by atoms with van der Waals surface area (Å²) in [6.07, 6.45) is 0. The van der Waals surface area contributed by atoms with Crippen molar-refractivity contribution in [3.05, 3.63) is 0 Å². The number of esters is 2. The molecular weight excluding hydrogens is 204 g/mol. The van der Waals surface area contributed by atoms with Crippen LogP contribution in [0.1, 0.15) is 27.7 Å². The van der Waals surface area contributed by atoms with Crippen LogP contribution in [0.5, 0.6) is 0 Å². The van der Waals surface area contributed by atoms with Crippen molar-refractivity contribution in [1.82, 2.24) is 0 Å². The third-order valence-corrected chi connectivity index (χ3v) is 0.635. The largest absolute Gasteiger partial charge is 0.481 e. The van der Waals surface area contributed by atoms with E-state index in [2.05, 4.69) is 9.47 Å². The highest BCUT2D eigenvalue weighted by Gasteiger charge is 1.81. The smallest absolute Gasteiger partial charge is 0.302 e. The van der Waals surface area contributed by atoms with E-state index in [1.54, 1.807) is 6.92 Å². The summed E-state index contributed by atoms with van der Waals surface area (Å²) in [5.74, 6) is -1.29. The average Bonchev–Trinajstić information content (AvgIpc) is 2.03. The van der Waals surface area contributed by atoms with Crippen LogP contribution in [0.2, 0.25) is 0 Å². The second kappa shape index (κ2) is 14.9. The highest BCUT2D eigenvalue weighted by Crippen LogP contribution is 1.69. The van der Waals surface area contributed by atoms with Crippen molar-refractivity contribution in [3.8, 4) is 0 Å². The second-order valence-corrected chi connectivity index (χ2v) is 2.14. The summed E-state index contributed by atoms with van der Waals surface area (Å²) in [6.45, 7) is 6.10. The fourth-order valence-corrected chi connectivity index (χ4v) is 0.203. The summed E-state index contributed by atoms with van der Waals surface area (Å²) < 4.78 is 8.51. The molecule has 0 saturated heterocycles. The predicted molar refractivity (Wildman–Crippen MR) is 53.3 cm³/mol. The number of aliphatic carboxylic acids is 1. The van der Waals surface area contributed by atoms with Gasteiger partial charge in [-0.15, -0.1) is 0 Å². The monoisotopic (exact) mass is 222 g/mol. The number of ether oxygens (including phenoxy) is 2. The normalized spacial score (nSPS) is 7.00. The van der Waals surface area contributed by atoms with Crippen molar-refractivity contribution in [2.45, 2.75) is 27.7 Å². The van der Waals surface area contributed by atoms with Crippen LogP contribution < -0.4 is 0 Å². The Hall–Kier alpha value is -1.59. The fourth-order valence-electron chi connectivity index (χ4n) is 0.203. The van der Waals surface area contributed by atoms with Gasteiger partial charge in [-0.3, -0.25) is 14.4 Å². The van der Waals surface area contributed by atoms with Crippen molar-refractivity contribution in [1.29, 1.82) is 0 Å². The van der Waals surface area contributed by atoms with Gasteiger partial charge in [-0.05, 0) is 6.92 Å². The van der Waals surface area contributed by atoms with Crippen LogP contribution in [-0.4, -0.2) is 36.7 Å². The van der Waals surface area contributed by atoms with Crippen molar-refractivity contribution >= 4 is 17.9 Å². The van der Waals surface area contributed by atoms with E-state index < -0.39 is 5.97 Å². The maximum Gasteiger partial charge on any atom is 0.302 e. The third kappa shape index (κ3) is 116. The standard InChI is InChI=1S/C4H8O2.C3H6O2.C2H4O2/c1-3-6-4(2)5;1-3(4)5-2;1-2(3)4/h3H2,1-2H3;1-2H3;1H3,(H,3,4). The SMILES string of the molecule is CC(=O)O.CCOC(C)=O.COC(C)=O. The predicted octanol–water partition coefficient (Wildman–Crippen LogP) is 0.840. The fraction of sp³-hybridized carbons (Fsp3) is 0.667. The van der Waals surface area contributed by atoms with E-state index in [1.165, 1.54) is 21.0 Å². The maximum absolute atomic E-state index is 9.82. The summed E-state index contributed by atoms with van der Waals surface area (Å²) in [5.41, 5.74) is 0. The summed E-state index contributed by atoms with van der Waals surface area (Å²) in [4.78, 5) is 28.4. The molecule has 0 unspecified atom stereocenters. The van der Waals surface area contributed by atoms with E-state index in [0.717, 1.165) is 6.92 Å². The Morgan fingerprint density at radius 3 is 1.33 bits per heavy atom. The Labute approximate surface area is 89.2 Å². The van der Waals surface area contributed by atoms with Gasteiger partial charge in [0.05, 0.1) is 13.7 Å². The number of rotatable bonds is 1. The lowest BCUT2D eigenvalue weighted by Crippen LogP contribution is -1.95. The van der Waals surface area contributed by atoms with Crippen LogP contribution in [0.4, 0.5) is 0 Å². The topological polar surface area (TPSA) is 89.9 Å². The molecule has 0 atom stereocenters. The van der Waals surface area contributed by atoms with E-state index in [0.29, 0.717) is 6.61 Å². The van der Waals surface area contributed by atoms with Gasteiger partial charge in [0.2, 0.25) is 0 Å². The first-order valence-electron chi connectivity index (χ1n) is 4.15. The Kier molecular flexibility index (Phi) is 18.9. The number of methoxy groups -OCH3 is 1. The molecule has 0 aromatic carbocycles. The van der Waals surface area contributed by atoms with Gasteiger partial charge < -0.3 is 14.6 Å². The first kappa shape index (κ1) is 19.1. The minimum Gasteiger partial charge on any atom is -0.481 e. The Balaban J connectivity index is -0.000000147. The molecule has 0 aliphatic rings. The van der Waals surface area contributed by atoms with E-state index in [4.69, 9.17) is 9.90 Å². The van der Waals surface area contributed by atoms with Gasteiger partial charge in [-0.1, -0.05) is 0 Å². The minimum atomic E-state index is -0.833. The minimum absolute atomic E-state index is 0.211. The molecule has 0 bridgehead atoms. The van der Waals surface area contributed by atoms with Crippen LogP contribution in [0.3, 0.4) is 0 Å². The molecular formula is C9H18O6. The first-order chi connectivity index (χ1) is 6.77. The summed E-state index contributed by atoms with van der Waals surface area (Å²) in [5, 5.41) is 7.42. The molecule has 1 N–H and O–H groups in total. The molecule has 0 aromatic heterocycles. The molecule has 0 fully saturated rings. The molecule has 0 spiro atoms. The van der Waals surface area contributed by atoms with Gasteiger partial charge in [0, 0.05) is 20.8 Å². The van der Waals surface area contributed by atoms with Gasteiger partial charge in [-0.2, -0.15) is 0 Å². The van der Waals surface area contributed by atoms with Crippen LogP contribution in [-0.2, 0) is 23.9 Å². The third-order valence-electron chi connectivity index (χ3n) is 0.635. The maximum atomic E-state index is 9.82. The molecule has 0 aromatic rings. The summed E-state index contributed by atoms with van der Waals surface area (Å²) in [7, 11) is 1.35. The Morgan fingerprint density at radius 2 is 1.33 bits per heavy atom. The average molecular weight is 222 g/mol. The van der Waals surface area contributed by atoms with Crippen molar-refractivity contribution in [3.63, 3.8) is 0 Å². The highest BCUT2D eigenvalue weighted by atomic mass is 16.5. The molecule has 0 saturated carbocycles. The zero-order valence-electron chi connectivity index (χ0n) is 9.70. The van der Waals surface area contributed by atoms with Crippen molar-refractivity contribution < 1.29 is 29.0 Å². The zero-order chi connectivity index (χ0) is 12.9. The van der Waals surface area contributed by atoms with Crippen molar-refractivity contribution in [2.75, 3.05) is 13.7 Å². The Morgan fingerprint density at radius 1 is 1.07 bits per heavy atom. The number of carboxylic acids is 1. The quantitative estimate of drug-likeness (QED) is 0.661. The molecule has 0 radical (unpaired) electrons. The van der Waals surface area contributed by atoms with E-state index >= 15 is 0 Å². The lowest BCUT2D eigenvalue weighted by molar-refractivity contribution is -0.140. The molecule has 6 heteroatoms.